The molecule has 74 valence electrons. The average Bonchev–Trinajstić information content (AvgIpc) is 2.74. The van der Waals surface area contributed by atoms with Gasteiger partial charge in [-0.15, -0.1) is 0 Å². The molecule has 0 radical (unpaired) electrons. The van der Waals surface area contributed by atoms with Gasteiger partial charge in [-0.05, 0) is 12.1 Å². The molecule has 0 aromatic carbocycles. The molecular formula is C11H10N4. The molecule has 0 unspecified atom stereocenters. The van der Waals surface area contributed by atoms with E-state index in [1.807, 2.05) is 35.3 Å². The molecule has 4 nitrogen and oxygen atoms in total. The highest BCUT2D eigenvalue weighted by Crippen LogP contribution is 2.14. The fraction of sp³-hybridized carbons (Fsp3) is 0.182. The minimum absolute atomic E-state index is 0.840. The summed E-state index contributed by atoms with van der Waals surface area (Å²) in [6, 6.07) is 5.83. The van der Waals surface area contributed by atoms with E-state index in [-0.39, 0.29) is 0 Å². The summed E-state index contributed by atoms with van der Waals surface area (Å²) in [4.78, 5) is 12.9. The van der Waals surface area contributed by atoms with Crippen LogP contribution in [0.15, 0.2) is 35.7 Å². The number of nitrogens with zero attached hydrogens (tertiary/aromatic N) is 4. The van der Waals surface area contributed by atoms with E-state index in [0.29, 0.717) is 0 Å². The molecule has 0 bridgehead atoms. The van der Waals surface area contributed by atoms with Gasteiger partial charge >= 0.3 is 0 Å². The second-order valence-electron chi connectivity index (χ2n) is 3.42. The zero-order valence-electron chi connectivity index (χ0n) is 8.17. The molecule has 3 heterocycles. The van der Waals surface area contributed by atoms with Gasteiger partial charge in [0.2, 0.25) is 0 Å². The predicted octanol–water partition coefficient (Wildman–Crippen LogP) is 1.24. The highest BCUT2D eigenvalue weighted by Gasteiger charge is 2.13. The van der Waals surface area contributed by atoms with Gasteiger partial charge in [0.1, 0.15) is 12.1 Å². The van der Waals surface area contributed by atoms with E-state index >= 15 is 0 Å². The van der Waals surface area contributed by atoms with Gasteiger partial charge in [-0.2, -0.15) is 0 Å². The van der Waals surface area contributed by atoms with Crippen LogP contribution in [-0.2, 0) is 6.42 Å². The first-order valence-corrected chi connectivity index (χ1v) is 4.92. The van der Waals surface area contributed by atoms with Crippen molar-refractivity contribution in [3.8, 4) is 5.82 Å². The first kappa shape index (κ1) is 8.35. The third-order valence-electron chi connectivity index (χ3n) is 2.47. The van der Waals surface area contributed by atoms with Crippen molar-refractivity contribution in [2.75, 3.05) is 6.54 Å². The predicted molar refractivity (Wildman–Crippen MR) is 57.5 cm³/mol. The normalized spacial score (nSPS) is 13.9. The van der Waals surface area contributed by atoms with Crippen molar-refractivity contribution in [3.05, 3.63) is 42.1 Å². The third-order valence-corrected chi connectivity index (χ3v) is 2.47. The third kappa shape index (κ3) is 1.34. The summed E-state index contributed by atoms with van der Waals surface area (Å²) >= 11 is 0. The standard InChI is InChI=1S/C11H10N4/c1-2-5-13-11(3-1)15-8-14-9-4-6-12-7-10(9)15/h1-3,5,7-8H,4,6H2. The van der Waals surface area contributed by atoms with Gasteiger partial charge in [0, 0.05) is 25.4 Å². The van der Waals surface area contributed by atoms with Gasteiger partial charge < -0.3 is 0 Å². The second kappa shape index (κ2) is 3.31. The fourth-order valence-corrected chi connectivity index (χ4v) is 1.72. The first-order valence-electron chi connectivity index (χ1n) is 4.92. The van der Waals surface area contributed by atoms with E-state index in [2.05, 4.69) is 15.0 Å². The number of hydrogen-bond donors (Lipinski definition) is 0. The molecule has 0 saturated heterocycles. The molecule has 15 heavy (non-hydrogen) atoms. The maximum absolute atomic E-state index is 4.36. The van der Waals surface area contributed by atoms with Crippen molar-refractivity contribution in [1.82, 2.24) is 14.5 Å². The summed E-state index contributed by atoms with van der Waals surface area (Å²) in [6.45, 7) is 0.840. The Bertz CT molecular complexity index is 499. The van der Waals surface area contributed by atoms with Crippen LogP contribution in [0.25, 0.3) is 5.82 Å². The van der Waals surface area contributed by atoms with Crippen molar-refractivity contribution in [2.24, 2.45) is 4.99 Å². The lowest BCUT2D eigenvalue weighted by molar-refractivity contribution is 0.908. The summed E-state index contributed by atoms with van der Waals surface area (Å²) in [5.74, 6) is 0.889. The Morgan fingerprint density at radius 1 is 1.20 bits per heavy atom. The molecule has 3 rings (SSSR count). The largest absolute Gasteiger partial charge is 0.291 e. The Morgan fingerprint density at radius 3 is 3.07 bits per heavy atom. The topological polar surface area (TPSA) is 43.1 Å². The molecule has 1 aliphatic heterocycles. The number of fused-ring (bicyclic) bond motifs is 1. The maximum atomic E-state index is 4.36. The Balaban J connectivity index is 2.15. The van der Waals surface area contributed by atoms with E-state index < -0.39 is 0 Å². The zero-order chi connectivity index (χ0) is 10.1. The van der Waals surface area contributed by atoms with Crippen LogP contribution in [0.1, 0.15) is 11.4 Å². The zero-order valence-corrected chi connectivity index (χ0v) is 8.17. The SMILES string of the molecule is C1=NCCc2ncn(-c3ccccn3)c21. The van der Waals surface area contributed by atoms with E-state index in [9.17, 15) is 0 Å². The first-order chi connectivity index (χ1) is 7.45. The van der Waals surface area contributed by atoms with Crippen molar-refractivity contribution in [1.29, 1.82) is 0 Å². The number of hydrogen-bond acceptors (Lipinski definition) is 3. The Labute approximate surface area is 87.3 Å². The van der Waals surface area contributed by atoms with E-state index in [4.69, 9.17) is 0 Å². The molecule has 2 aromatic rings. The lowest BCUT2D eigenvalue weighted by Gasteiger charge is -2.07. The van der Waals surface area contributed by atoms with Crippen molar-refractivity contribution < 1.29 is 0 Å². The van der Waals surface area contributed by atoms with Crippen molar-refractivity contribution >= 4 is 6.21 Å². The number of pyridine rings is 1. The van der Waals surface area contributed by atoms with Crippen LogP contribution in [0.2, 0.25) is 0 Å². The maximum Gasteiger partial charge on any atom is 0.138 e. The molecule has 1 aliphatic rings. The lowest BCUT2D eigenvalue weighted by atomic mass is 10.2. The van der Waals surface area contributed by atoms with Gasteiger partial charge in [0.05, 0.1) is 11.4 Å². The molecule has 0 saturated carbocycles. The summed E-state index contributed by atoms with van der Waals surface area (Å²) in [5.41, 5.74) is 2.16. The number of aliphatic imine (C=N–C) groups is 1. The van der Waals surface area contributed by atoms with Gasteiger partial charge in [0.15, 0.2) is 0 Å². The molecule has 0 N–H and O–H groups in total. The molecule has 0 atom stereocenters. The summed E-state index contributed by atoms with van der Waals surface area (Å²) < 4.78 is 1.97. The van der Waals surface area contributed by atoms with Crippen LogP contribution >= 0.6 is 0 Å². The Morgan fingerprint density at radius 2 is 2.20 bits per heavy atom. The number of aromatic nitrogens is 3. The van der Waals surface area contributed by atoms with Crippen LogP contribution in [0.3, 0.4) is 0 Å². The van der Waals surface area contributed by atoms with Gasteiger partial charge in [0.25, 0.3) is 0 Å². The second-order valence-corrected chi connectivity index (χ2v) is 3.42. The van der Waals surface area contributed by atoms with Gasteiger partial charge in [-0.1, -0.05) is 6.07 Å². The Hall–Kier alpha value is -1.97. The number of imidazole rings is 1. The van der Waals surface area contributed by atoms with E-state index in [0.717, 1.165) is 30.2 Å². The monoisotopic (exact) mass is 198 g/mol. The molecule has 0 amide bonds. The Kier molecular flexibility index (Phi) is 1.84. The minimum atomic E-state index is 0.840. The van der Waals surface area contributed by atoms with Gasteiger partial charge in [-0.3, -0.25) is 9.56 Å². The van der Waals surface area contributed by atoms with Gasteiger partial charge in [-0.25, -0.2) is 9.97 Å². The molecule has 0 spiro atoms. The highest BCUT2D eigenvalue weighted by atomic mass is 15.1. The van der Waals surface area contributed by atoms with E-state index in [1.165, 1.54) is 0 Å². The molecule has 2 aromatic heterocycles. The van der Waals surface area contributed by atoms with Crippen molar-refractivity contribution in [2.45, 2.75) is 6.42 Å². The van der Waals surface area contributed by atoms with Crippen LogP contribution < -0.4 is 0 Å². The highest BCUT2D eigenvalue weighted by molar-refractivity contribution is 5.80. The van der Waals surface area contributed by atoms with Crippen LogP contribution in [0.4, 0.5) is 0 Å². The minimum Gasteiger partial charge on any atom is -0.291 e. The lowest BCUT2D eigenvalue weighted by Crippen LogP contribution is -2.07. The smallest absolute Gasteiger partial charge is 0.138 e. The van der Waals surface area contributed by atoms with Crippen LogP contribution in [-0.4, -0.2) is 27.3 Å². The summed E-state index contributed by atoms with van der Waals surface area (Å²) in [7, 11) is 0. The molecular weight excluding hydrogens is 188 g/mol. The molecule has 4 heteroatoms. The summed E-state index contributed by atoms with van der Waals surface area (Å²) in [6.07, 6.45) is 6.39. The summed E-state index contributed by atoms with van der Waals surface area (Å²) in [5, 5.41) is 0. The van der Waals surface area contributed by atoms with E-state index in [1.54, 1.807) is 6.20 Å². The fourth-order valence-electron chi connectivity index (χ4n) is 1.72. The molecule has 0 aliphatic carbocycles. The van der Waals surface area contributed by atoms with Crippen LogP contribution in [0, 0.1) is 0 Å². The average molecular weight is 198 g/mol. The number of rotatable bonds is 1. The molecule has 0 fully saturated rings. The quantitative estimate of drug-likeness (QED) is 0.692. The van der Waals surface area contributed by atoms with Crippen molar-refractivity contribution in [3.63, 3.8) is 0 Å². The van der Waals surface area contributed by atoms with Crippen LogP contribution in [0.5, 0.6) is 0 Å².